The van der Waals surface area contributed by atoms with Gasteiger partial charge >= 0.3 is 0 Å². The van der Waals surface area contributed by atoms with Gasteiger partial charge in [-0.15, -0.1) is 0 Å². The zero-order valence-electron chi connectivity index (χ0n) is 17.6. The van der Waals surface area contributed by atoms with Crippen LogP contribution in [0, 0.1) is 3.82 Å². The molecule has 3 aromatic carbocycles. The normalized spacial score (nSPS) is 14.6. The van der Waals surface area contributed by atoms with Crippen LogP contribution in [0.5, 0.6) is 5.75 Å². The van der Waals surface area contributed by atoms with Gasteiger partial charge in [0.2, 0.25) is 0 Å². The largest absolute Gasteiger partial charge is 0.508 e. The van der Waals surface area contributed by atoms with Crippen molar-refractivity contribution in [2.24, 2.45) is 0 Å². The molecule has 1 aliphatic heterocycles. The first-order valence-corrected chi connectivity index (χ1v) is 13.3. The molecule has 2 heterocycles. The Kier molecular flexibility index (Phi) is 6.37. The lowest BCUT2D eigenvalue weighted by atomic mass is 10.0. The maximum atomic E-state index is 10.6. The number of piperazine rings is 1. The minimum absolute atomic E-state index is 0.352. The monoisotopic (exact) mass is 476 g/mol. The third kappa shape index (κ3) is 4.50. The Hall–Kier alpha value is -2.51. The van der Waals surface area contributed by atoms with Crippen molar-refractivity contribution in [3.8, 4) is 27.3 Å². The van der Waals surface area contributed by atoms with Gasteiger partial charge in [0, 0.05) is 49.5 Å². The summed E-state index contributed by atoms with van der Waals surface area (Å²) >= 11 is 5.70. The molecular formula is C26H24N2OS3. The average Bonchev–Trinajstić information content (AvgIpc) is 3.23. The number of aromatic hydroxyl groups is 1. The van der Waals surface area contributed by atoms with Crippen molar-refractivity contribution in [3.05, 3.63) is 88.3 Å². The smallest absolute Gasteiger partial charge is 0.120 e. The molecule has 6 heteroatoms. The first kappa shape index (κ1) is 21.3. The van der Waals surface area contributed by atoms with Crippen LogP contribution in [0.4, 0.5) is 5.69 Å². The van der Waals surface area contributed by atoms with Gasteiger partial charge in [-0.05, 0) is 35.4 Å². The second-order valence-electron chi connectivity index (χ2n) is 7.97. The Balaban J connectivity index is 1.36. The second kappa shape index (κ2) is 9.55. The first-order valence-electron chi connectivity index (χ1n) is 10.7. The second-order valence-corrected chi connectivity index (χ2v) is 10.8. The average molecular weight is 477 g/mol. The molecule has 0 radical (unpaired) electrons. The van der Waals surface area contributed by atoms with E-state index in [-0.39, 0.29) is 0 Å². The Labute approximate surface area is 201 Å². The lowest BCUT2D eigenvalue weighted by molar-refractivity contribution is 0.247. The molecule has 0 amide bonds. The van der Waals surface area contributed by atoms with Gasteiger partial charge in [-0.1, -0.05) is 87.5 Å². The SMILES string of the molecule is Oc1ccc(-c2c(-c3ccccc3)ssc2=S)cc1CN1CCN(c2ccccc2)CC1. The fourth-order valence-electron chi connectivity index (χ4n) is 4.20. The van der Waals surface area contributed by atoms with Crippen LogP contribution in [-0.2, 0) is 6.54 Å². The molecule has 162 valence electrons. The van der Waals surface area contributed by atoms with E-state index < -0.39 is 0 Å². The number of nitrogens with zero attached hydrogens (tertiary/aromatic N) is 2. The maximum Gasteiger partial charge on any atom is 0.120 e. The van der Waals surface area contributed by atoms with Crippen LogP contribution >= 0.6 is 32.9 Å². The number of para-hydroxylation sites is 1. The van der Waals surface area contributed by atoms with Gasteiger partial charge in [-0.25, -0.2) is 0 Å². The number of hydrogen-bond donors (Lipinski definition) is 1. The van der Waals surface area contributed by atoms with Crippen molar-refractivity contribution >= 4 is 38.6 Å². The Bertz CT molecular complexity index is 1240. The van der Waals surface area contributed by atoms with Crippen LogP contribution in [0.1, 0.15) is 5.56 Å². The topological polar surface area (TPSA) is 26.7 Å². The summed E-state index contributed by atoms with van der Waals surface area (Å²) in [5.41, 5.74) is 5.62. The van der Waals surface area contributed by atoms with Crippen LogP contribution in [0.2, 0.25) is 0 Å². The van der Waals surface area contributed by atoms with Crippen LogP contribution in [0.3, 0.4) is 0 Å². The summed E-state index contributed by atoms with van der Waals surface area (Å²) in [5.74, 6) is 0.352. The van der Waals surface area contributed by atoms with E-state index in [4.69, 9.17) is 12.2 Å². The van der Waals surface area contributed by atoms with Crippen LogP contribution in [-0.4, -0.2) is 36.2 Å². The molecule has 0 bridgehead atoms. The van der Waals surface area contributed by atoms with E-state index in [2.05, 4.69) is 70.5 Å². The molecule has 0 spiro atoms. The van der Waals surface area contributed by atoms with E-state index in [1.165, 1.54) is 16.1 Å². The summed E-state index contributed by atoms with van der Waals surface area (Å²) in [4.78, 5) is 6.05. The highest BCUT2D eigenvalue weighted by Crippen LogP contribution is 2.42. The Morgan fingerprint density at radius 2 is 1.47 bits per heavy atom. The highest BCUT2D eigenvalue weighted by atomic mass is 32.9. The summed E-state index contributed by atoms with van der Waals surface area (Å²) in [7, 11) is 3.37. The molecule has 3 nitrogen and oxygen atoms in total. The van der Waals surface area contributed by atoms with Crippen LogP contribution in [0.15, 0.2) is 78.9 Å². The molecule has 1 saturated heterocycles. The number of phenolic OH excluding ortho intramolecular Hbond substituents is 1. The molecule has 1 N–H and O–H groups in total. The fraction of sp³-hybridized carbons (Fsp3) is 0.192. The number of hydrogen-bond acceptors (Lipinski definition) is 6. The van der Waals surface area contributed by atoms with Gasteiger partial charge in [0.25, 0.3) is 0 Å². The van der Waals surface area contributed by atoms with E-state index >= 15 is 0 Å². The quantitative estimate of drug-likeness (QED) is 0.250. The maximum absolute atomic E-state index is 10.6. The molecule has 0 aliphatic carbocycles. The van der Waals surface area contributed by atoms with Gasteiger partial charge in [-0.2, -0.15) is 0 Å². The molecule has 4 aromatic rings. The summed E-state index contributed by atoms with van der Waals surface area (Å²) < 4.78 is 0.905. The van der Waals surface area contributed by atoms with Gasteiger partial charge in [-0.3, -0.25) is 4.90 Å². The molecular weight excluding hydrogens is 453 g/mol. The molecule has 0 saturated carbocycles. The van der Waals surface area contributed by atoms with Crippen molar-refractivity contribution < 1.29 is 5.11 Å². The van der Waals surface area contributed by atoms with Crippen molar-refractivity contribution in [3.63, 3.8) is 0 Å². The summed E-state index contributed by atoms with van der Waals surface area (Å²) in [6, 6.07) is 26.9. The molecule has 0 unspecified atom stereocenters. The molecule has 1 aliphatic rings. The number of phenols is 1. The summed E-state index contributed by atoms with van der Waals surface area (Å²) in [5, 5.41) is 10.6. The van der Waals surface area contributed by atoms with Crippen molar-refractivity contribution in [2.75, 3.05) is 31.1 Å². The summed E-state index contributed by atoms with van der Waals surface area (Å²) in [6.07, 6.45) is 0. The van der Waals surface area contributed by atoms with Crippen LogP contribution in [0.25, 0.3) is 21.6 Å². The van der Waals surface area contributed by atoms with Crippen LogP contribution < -0.4 is 4.90 Å². The predicted octanol–water partition coefficient (Wildman–Crippen LogP) is 6.90. The number of anilines is 1. The number of rotatable bonds is 5. The third-order valence-corrected chi connectivity index (χ3v) is 8.99. The summed E-state index contributed by atoms with van der Waals surface area (Å²) in [6.45, 7) is 4.67. The first-order chi connectivity index (χ1) is 15.7. The minimum Gasteiger partial charge on any atom is -0.508 e. The van der Waals surface area contributed by atoms with Gasteiger partial charge in [0.1, 0.15) is 9.57 Å². The van der Waals surface area contributed by atoms with Gasteiger partial charge in [0.15, 0.2) is 0 Å². The molecule has 0 atom stereocenters. The zero-order chi connectivity index (χ0) is 21.9. The van der Waals surface area contributed by atoms with E-state index in [0.29, 0.717) is 5.75 Å². The van der Waals surface area contributed by atoms with E-state index in [1.807, 2.05) is 18.2 Å². The van der Waals surface area contributed by atoms with E-state index in [9.17, 15) is 5.11 Å². The standard InChI is InChI=1S/C26H24N2OS3/c29-23-12-11-20(24-25(31-32-26(24)30)19-7-3-1-4-8-19)17-21(23)18-27-13-15-28(16-14-27)22-9-5-2-6-10-22/h1-12,17,29H,13-16,18H2. The zero-order valence-corrected chi connectivity index (χ0v) is 20.1. The third-order valence-electron chi connectivity index (χ3n) is 5.92. The lowest BCUT2D eigenvalue weighted by Crippen LogP contribution is -2.45. The van der Waals surface area contributed by atoms with Crippen molar-refractivity contribution in [1.82, 2.24) is 4.90 Å². The highest BCUT2D eigenvalue weighted by molar-refractivity contribution is 7.80. The fourth-order valence-corrected chi connectivity index (χ4v) is 7.12. The molecule has 5 rings (SSSR count). The molecule has 1 fully saturated rings. The van der Waals surface area contributed by atoms with E-state index in [1.54, 1.807) is 20.7 Å². The van der Waals surface area contributed by atoms with Gasteiger partial charge < -0.3 is 10.0 Å². The van der Waals surface area contributed by atoms with Crippen molar-refractivity contribution in [1.29, 1.82) is 0 Å². The highest BCUT2D eigenvalue weighted by Gasteiger charge is 2.19. The van der Waals surface area contributed by atoms with E-state index in [0.717, 1.165) is 53.2 Å². The Morgan fingerprint density at radius 3 is 2.19 bits per heavy atom. The minimum atomic E-state index is 0.352. The Morgan fingerprint density at radius 1 is 0.781 bits per heavy atom. The molecule has 1 aromatic heterocycles. The lowest BCUT2D eigenvalue weighted by Gasteiger charge is -2.36. The van der Waals surface area contributed by atoms with Crippen molar-refractivity contribution in [2.45, 2.75) is 6.54 Å². The number of benzene rings is 3. The molecule has 32 heavy (non-hydrogen) atoms. The van der Waals surface area contributed by atoms with Gasteiger partial charge in [0.05, 0.1) is 4.88 Å². The predicted molar refractivity (Wildman–Crippen MR) is 139 cm³/mol.